The molecular weight excluding hydrogens is 284 g/mol. The quantitative estimate of drug-likeness (QED) is 0.948. The fraction of sp³-hybridized carbons (Fsp3) is 0.250. The van der Waals surface area contributed by atoms with Crippen molar-refractivity contribution in [3.05, 3.63) is 54.1 Å². The number of para-hydroxylation sites is 2. The third kappa shape index (κ3) is 2.49. The van der Waals surface area contributed by atoms with Crippen LogP contribution in [-0.4, -0.2) is 21.5 Å². The maximum absolute atomic E-state index is 12.8. The van der Waals surface area contributed by atoms with Gasteiger partial charge in [0.2, 0.25) is 0 Å². The molecule has 21 heavy (non-hydrogen) atoms. The molecule has 0 fully saturated rings. The molecule has 0 aromatic heterocycles. The van der Waals surface area contributed by atoms with Gasteiger partial charge in [-0.15, -0.1) is 0 Å². The third-order valence-electron chi connectivity index (χ3n) is 3.72. The van der Waals surface area contributed by atoms with Gasteiger partial charge in [0.1, 0.15) is 0 Å². The summed E-state index contributed by atoms with van der Waals surface area (Å²) in [5.41, 5.74) is 2.70. The van der Waals surface area contributed by atoms with Crippen molar-refractivity contribution in [2.75, 3.05) is 22.7 Å². The van der Waals surface area contributed by atoms with Crippen molar-refractivity contribution in [3.63, 3.8) is 0 Å². The van der Waals surface area contributed by atoms with Crippen LogP contribution in [0.25, 0.3) is 0 Å². The summed E-state index contributed by atoms with van der Waals surface area (Å²) in [7, 11) is -3.51. The Morgan fingerprint density at radius 2 is 1.81 bits per heavy atom. The van der Waals surface area contributed by atoms with Crippen molar-refractivity contribution < 1.29 is 8.42 Å². The fourth-order valence-electron chi connectivity index (χ4n) is 2.53. The summed E-state index contributed by atoms with van der Waals surface area (Å²) in [6, 6.07) is 14.6. The molecular formula is C16H18N2O2S. The Labute approximate surface area is 125 Å². The number of fused-ring (bicyclic) bond motifs is 1. The van der Waals surface area contributed by atoms with Crippen LogP contribution in [0.1, 0.15) is 12.5 Å². The smallest absolute Gasteiger partial charge is 0.264 e. The van der Waals surface area contributed by atoms with Gasteiger partial charge in [0.05, 0.1) is 22.8 Å². The third-order valence-corrected chi connectivity index (χ3v) is 5.55. The van der Waals surface area contributed by atoms with Crippen LogP contribution >= 0.6 is 0 Å². The second-order valence-corrected chi connectivity index (χ2v) is 6.88. The zero-order chi connectivity index (χ0) is 14.9. The van der Waals surface area contributed by atoms with E-state index >= 15 is 0 Å². The van der Waals surface area contributed by atoms with Gasteiger partial charge in [0.25, 0.3) is 10.0 Å². The summed E-state index contributed by atoms with van der Waals surface area (Å²) < 4.78 is 27.2. The first-order valence-electron chi connectivity index (χ1n) is 7.07. The molecule has 0 radical (unpaired) electrons. The molecule has 0 spiro atoms. The number of hydrogen-bond donors (Lipinski definition) is 1. The first-order chi connectivity index (χ1) is 10.1. The highest BCUT2D eigenvalue weighted by atomic mass is 32.2. The Morgan fingerprint density at radius 1 is 1.10 bits per heavy atom. The summed E-state index contributed by atoms with van der Waals surface area (Å²) in [5.74, 6) is 0. The minimum Gasteiger partial charge on any atom is -0.382 e. The lowest BCUT2D eigenvalue weighted by Crippen LogP contribution is -2.38. The molecule has 2 aromatic rings. The minimum absolute atomic E-state index is 0.344. The van der Waals surface area contributed by atoms with Crippen molar-refractivity contribution >= 4 is 21.4 Å². The molecule has 0 atom stereocenters. The van der Waals surface area contributed by atoms with E-state index in [2.05, 4.69) is 12.2 Å². The number of nitrogens with one attached hydrogen (secondary N) is 1. The highest BCUT2D eigenvalue weighted by molar-refractivity contribution is 7.92. The van der Waals surface area contributed by atoms with E-state index in [1.807, 2.05) is 36.4 Å². The molecule has 0 unspecified atom stereocenters. The van der Waals surface area contributed by atoms with Crippen LogP contribution in [0.5, 0.6) is 0 Å². The second kappa shape index (κ2) is 5.41. The van der Waals surface area contributed by atoms with Crippen LogP contribution in [0.3, 0.4) is 0 Å². The van der Waals surface area contributed by atoms with E-state index < -0.39 is 10.0 Å². The summed E-state index contributed by atoms with van der Waals surface area (Å²) in [5, 5.41) is 3.23. The van der Waals surface area contributed by atoms with Crippen molar-refractivity contribution in [1.82, 2.24) is 0 Å². The monoisotopic (exact) mass is 302 g/mol. The van der Waals surface area contributed by atoms with Gasteiger partial charge in [-0.25, -0.2) is 8.42 Å². The lowest BCUT2D eigenvalue weighted by atomic mass is 10.2. The van der Waals surface area contributed by atoms with Gasteiger partial charge in [-0.2, -0.15) is 0 Å². The lowest BCUT2D eigenvalue weighted by molar-refractivity contribution is 0.590. The Balaban J connectivity index is 2.02. The van der Waals surface area contributed by atoms with Crippen molar-refractivity contribution in [3.8, 4) is 0 Å². The fourth-order valence-corrected chi connectivity index (χ4v) is 4.01. The minimum atomic E-state index is -3.51. The van der Waals surface area contributed by atoms with Gasteiger partial charge >= 0.3 is 0 Å². The van der Waals surface area contributed by atoms with E-state index in [4.69, 9.17) is 0 Å². The van der Waals surface area contributed by atoms with Gasteiger partial charge in [-0.3, -0.25) is 4.31 Å². The molecule has 3 rings (SSSR count). The SMILES string of the molecule is CCc1ccc(S(=O)(=O)N2CCNc3ccccc32)cc1. The topological polar surface area (TPSA) is 49.4 Å². The predicted molar refractivity (Wildman–Crippen MR) is 85.3 cm³/mol. The van der Waals surface area contributed by atoms with Crippen LogP contribution in [0.15, 0.2) is 53.4 Å². The summed E-state index contributed by atoms with van der Waals surface area (Å²) in [4.78, 5) is 0.344. The van der Waals surface area contributed by atoms with Crippen LogP contribution in [-0.2, 0) is 16.4 Å². The average Bonchev–Trinajstić information content (AvgIpc) is 2.54. The largest absolute Gasteiger partial charge is 0.382 e. The zero-order valence-corrected chi connectivity index (χ0v) is 12.7. The first-order valence-corrected chi connectivity index (χ1v) is 8.51. The van der Waals surface area contributed by atoms with E-state index in [0.29, 0.717) is 23.7 Å². The Hall–Kier alpha value is -2.01. The highest BCUT2D eigenvalue weighted by Gasteiger charge is 2.28. The van der Waals surface area contributed by atoms with Crippen LogP contribution < -0.4 is 9.62 Å². The molecule has 0 amide bonds. The molecule has 5 heteroatoms. The molecule has 110 valence electrons. The van der Waals surface area contributed by atoms with E-state index in [1.54, 1.807) is 12.1 Å². The molecule has 1 N–H and O–H groups in total. The molecule has 0 saturated heterocycles. The van der Waals surface area contributed by atoms with E-state index in [1.165, 1.54) is 4.31 Å². The molecule has 2 aromatic carbocycles. The number of anilines is 2. The van der Waals surface area contributed by atoms with Crippen LogP contribution in [0, 0.1) is 0 Å². The van der Waals surface area contributed by atoms with Crippen molar-refractivity contribution in [2.45, 2.75) is 18.2 Å². The maximum Gasteiger partial charge on any atom is 0.264 e. The predicted octanol–water partition coefficient (Wildman–Crippen LogP) is 2.87. The molecule has 1 aliphatic rings. The Bertz CT molecular complexity index is 739. The number of sulfonamides is 1. The standard InChI is InChI=1S/C16H18N2O2S/c1-2-13-7-9-14(10-8-13)21(19,20)18-12-11-17-15-5-3-4-6-16(15)18/h3-10,17H,2,11-12H2,1H3. The van der Waals surface area contributed by atoms with Gasteiger partial charge in [0.15, 0.2) is 0 Å². The summed E-state index contributed by atoms with van der Waals surface area (Å²) >= 11 is 0. The molecule has 0 saturated carbocycles. The number of hydrogen-bond acceptors (Lipinski definition) is 3. The number of benzene rings is 2. The van der Waals surface area contributed by atoms with Gasteiger partial charge in [0, 0.05) is 6.54 Å². The highest BCUT2D eigenvalue weighted by Crippen LogP contribution is 2.32. The number of aryl methyl sites for hydroxylation is 1. The molecule has 1 aliphatic heterocycles. The molecule has 1 heterocycles. The maximum atomic E-state index is 12.8. The molecule has 0 bridgehead atoms. The van der Waals surface area contributed by atoms with Gasteiger partial charge < -0.3 is 5.32 Å². The van der Waals surface area contributed by atoms with E-state index in [-0.39, 0.29) is 0 Å². The lowest BCUT2D eigenvalue weighted by Gasteiger charge is -2.31. The Kier molecular flexibility index (Phi) is 3.59. The van der Waals surface area contributed by atoms with Crippen LogP contribution in [0.4, 0.5) is 11.4 Å². The first kappa shape index (κ1) is 13.9. The Morgan fingerprint density at radius 3 is 2.52 bits per heavy atom. The van der Waals surface area contributed by atoms with Crippen molar-refractivity contribution in [1.29, 1.82) is 0 Å². The molecule has 0 aliphatic carbocycles. The van der Waals surface area contributed by atoms with Gasteiger partial charge in [-0.1, -0.05) is 31.2 Å². The zero-order valence-electron chi connectivity index (χ0n) is 11.9. The normalized spacial score (nSPS) is 14.4. The molecule has 4 nitrogen and oxygen atoms in total. The van der Waals surface area contributed by atoms with Crippen molar-refractivity contribution in [2.24, 2.45) is 0 Å². The van der Waals surface area contributed by atoms with Crippen LogP contribution in [0.2, 0.25) is 0 Å². The number of rotatable bonds is 3. The average molecular weight is 302 g/mol. The van der Waals surface area contributed by atoms with E-state index in [9.17, 15) is 8.42 Å². The second-order valence-electron chi connectivity index (χ2n) is 5.02. The van der Waals surface area contributed by atoms with E-state index in [0.717, 1.165) is 17.7 Å². The summed E-state index contributed by atoms with van der Waals surface area (Å²) in [6.07, 6.45) is 0.900. The van der Waals surface area contributed by atoms with Gasteiger partial charge in [-0.05, 0) is 36.2 Å². The number of nitrogens with zero attached hydrogens (tertiary/aromatic N) is 1. The summed E-state index contributed by atoms with van der Waals surface area (Å²) in [6.45, 7) is 3.11.